The van der Waals surface area contributed by atoms with Gasteiger partial charge in [-0.2, -0.15) is 0 Å². The molecule has 6 heteroatoms. The first-order valence-electron chi connectivity index (χ1n) is 6.34. The van der Waals surface area contributed by atoms with E-state index in [0.29, 0.717) is 5.56 Å². The Morgan fingerprint density at radius 1 is 1.47 bits per heavy atom. The molecule has 2 aromatic heterocycles. The van der Waals surface area contributed by atoms with Gasteiger partial charge in [0.1, 0.15) is 0 Å². The first-order valence-corrected chi connectivity index (χ1v) is 6.34. The molecule has 1 unspecified atom stereocenters. The van der Waals surface area contributed by atoms with Crippen molar-refractivity contribution in [3.8, 4) is 0 Å². The maximum absolute atomic E-state index is 11.5. The summed E-state index contributed by atoms with van der Waals surface area (Å²) in [5.41, 5.74) is 1.23. The monoisotopic (exact) mass is 260 g/mol. The second kappa shape index (κ2) is 4.62. The van der Waals surface area contributed by atoms with E-state index in [9.17, 15) is 4.79 Å². The maximum atomic E-state index is 11.5. The Hall–Kier alpha value is -1.95. The number of hydrogen-bond donors (Lipinski definition) is 0. The summed E-state index contributed by atoms with van der Waals surface area (Å²) in [4.78, 5) is 18.3. The molecule has 0 radical (unpaired) electrons. The predicted molar refractivity (Wildman–Crippen MR) is 68.9 cm³/mol. The van der Waals surface area contributed by atoms with Crippen molar-refractivity contribution in [3.05, 3.63) is 29.7 Å². The Morgan fingerprint density at radius 2 is 2.32 bits per heavy atom. The highest BCUT2D eigenvalue weighted by molar-refractivity contribution is 5.89. The zero-order valence-corrected chi connectivity index (χ0v) is 11.0. The summed E-state index contributed by atoms with van der Waals surface area (Å²) in [6, 6.07) is 3.77. The van der Waals surface area contributed by atoms with Crippen LogP contribution in [0.5, 0.6) is 0 Å². The molecule has 1 fully saturated rings. The third-order valence-corrected chi connectivity index (χ3v) is 3.59. The number of aromatic nitrogens is 3. The Labute approximate surface area is 111 Å². The number of nitrogens with zero attached hydrogens (tertiary/aromatic N) is 4. The van der Waals surface area contributed by atoms with E-state index < -0.39 is 0 Å². The van der Waals surface area contributed by atoms with Gasteiger partial charge in [-0.25, -0.2) is 14.3 Å². The number of rotatable bonds is 2. The first kappa shape index (κ1) is 12.1. The summed E-state index contributed by atoms with van der Waals surface area (Å²) < 4.78 is 6.35. The molecule has 3 heterocycles. The van der Waals surface area contributed by atoms with Crippen LogP contribution in [0.25, 0.3) is 5.65 Å². The van der Waals surface area contributed by atoms with Gasteiger partial charge in [0.25, 0.3) is 0 Å². The molecule has 0 aromatic carbocycles. The molecule has 1 aliphatic rings. The van der Waals surface area contributed by atoms with Crippen molar-refractivity contribution in [1.82, 2.24) is 19.5 Å². The predicted octanol–water partition coefficient (Wildman–Crippen LogP) is 1.28. The van der Waals surface area contributed by atoms with Gasteiger partial charge in [-0.15, -0.1) is 5.10 Å². The van der Waals surface area contributed by atoms with Crippen LogP contribution in [0.15, 0.2) is 18.3 Å². The van der Waals surface area contributed by atoms with E-state index >= 15 is 0 Å². The number of carbonyl (C=O) groups is 1. The number of carbonyl (C=O) groups excluding carboxylic acids is 1. The summed E-state index contributed by atoms with van der Waals surface area (Å²) in [5.74, 6) is 0.457. The average molecular weight is 260 g/mol. The number of likely N-dealkylation sites (tertiary alicyclic amines) is 1. The van der Waals surface area contributed by atoms with Crippen LogP contribution in [0, 0.1) is 0 Å². The lowest BCUT2D eigenvalue weighted by Gasteiger charge is -2.15. The Bertz CT molecular complexity index is 622. The van der Waals surface area contributed by atoms with Gasteiger partial charge in [-0.3, -0.25) is 4.90 Å². The lowest BCUT2D eigenvalue weighted by Crippen LogP contribution is -2.18. The van der Waals surface area contributed by atoms with Crippen molar-refractivity contribution in [2.24, 2.45) is 0 Å². The minimum atomic E-state index is -0.364. The fraction of sp³-hybridized carbons (Fsp3) is 0.462. The molecule has 6 nitrogen and oxygen atoms in total. The van der Waals surface area contributed by atoms with Crippen LogP contribution in [0.2, 0.25) is 0 Å². The molecule has 19 heavy (non-hydrogen) atoms. The molecule has 0 amide bonds. The van der Waals surface area contributed by atoms with Crippen molar-refractivity contribution in [2.75, 3.05) is 20.7 Å². The van der Waals surface area contributed by atoms with E-state index in [1.54, 1.807) is 22.8 Å². The number of esters is 1. The van der Waals surface area contributed by atoms with Gasteiger partial charge in [0.2, 0.25) is 0 Å². The fourth-order valence-electron chi connectivity index (χ4n) is 2.52. The summed E-state index contributed by atoms with van der Waals surface area (Å²) >= 11 is 0. The van der Waals surface area contributed by atoms with Gasteiger partial charge >= 0.3 is 5.97 Å². The van der Waals surface area contributed by atoms with Crippen molar-refractivity contribution in [1.29, 1.82) is 0 Å². The van der Waals surface area contributed by atoms with E-state index in [0.717, 1.165) is 24.4 Å². The van der Waals surface area contributed by atoms with Crippen molar-refractivity contribution in [2.45, 2.75) is 18.9 Å². The Balaban J connectivity index is 1.98. The molecule has 0 N–H and O–H groups in total. The molecule has 2 aromatic rings. The van der Waals surface area contributed by atoms with E-state index in [2.05, 4.69) is 22.0 Å². The third-order valence-electron chi connectivity index (χ3n) is 3.59. The van der Waals surface area contributed by atoms with Crippen LogP contribution in [-0.4, -0.2) is 46.2 Å². The molecule has 1 aliphatic heterocycles. The zero-order chi connectivity index (χ0) is 13.4. The Kier molecular flexibility index (Phi) is 2.94. The van der Waals surface area contributed by atoms with Gasteiger partial charge < -0.3 is 4.74 Å². The van der Waals surface area contributed by atoms with Gasteiger partial charge in [0.15, 0.2) is 11.5 Å². The van der Waals surface area contributed by atoms with Crippen LogP contribution >= 0.6 is 0 Å². The van der Waals surface area contributed by atoms with Crippen molar-refractivity contribution in [3.63, 3.8) is 0 Å². The van der Waals surface area contributed by atoms with Crippen LogP contribution in [-0.2, 0) is 4.74 Å². The minimum absolute atomic E-state index is 0.279. The summed E-state index contributed by atoms with van der Waals surface area (Å²) in [7, 11) is 3.45. The highest BCUT2D eigenvalue weighted by Gasteiger charge is 2.26. The fourth-order valence-corrected chi connectivity index (χ4v) is 2.52. The zero-order valence-electron chi connectivity index (χ0n) is 11.0. The van der Waals surface area contributed by atoms with E-state index in [4.69, 9.17) is 4.74 Å². The first-order chi connectivity index (χ1) is 9.19. The largest absolute Gasteiger partial charge is 0.465 e. The summed E-state index contributed by atoms with van der Waals surface area (Å²) in [6.45, 7) is 1.08. The topological polar surface area (TPSA) is 59.7 Å². The highest BCUT2D eigenvalue weighted by atomic mass is 16.5. The van der Waals surface area contributed by atoms with Crippen LogP contribution < -0.4 is 0 Å². The van der Waals surface area contributed by atoms with Gasteiger partial charge in [0.05, 0.1) is 18.7 Å². The summed E-state index contributed by atoms with van der Waals surface area (Å²) in [5, 5.41) is 4.48. The normalized spacial score (nSPS) is 20.0. The second-order valence-electron chi connectivity index (χ2n) is 4.82. The third kappa shape index (κ3) is 2.08. The molecule has 0 aliphatic carbocycles. The molecule has 1 atom stereocenters. The number of pyridine rings is 1. The lowest BCUT2D eigenvalue weighted by molar-refractivity contribution is 0.0600. The highest BCUT2D eigenvalue weighted by Crippen LogP contribution is 2.28. The molecule has 1 saturated heterocycles. The van der Waals surface area contributed by atoms with Gasteiger partial charge in [-0.05, 0) is 38.6 Å². The van der Waals surface area contributed by atoms with E-state index in [1.165, 1.54) is 13.5 Å². The number of hydrogen-bond acceptors (Lipinski definition) is 5. The van der Waals surface area contributed by atoms with Gasteiger partial charge in [0, 0.05) is 6.20 Å². The standard InChI is InChI=1S/C13H16N4O2/c1-16-7-3-4-10(16)12-14-11-6-5-9(13(18)19-2)8-17(11)15-12/h5-6,8,10H,3-4,7H2,1-2H3. The number of ether oxygens (including phenoxy) is 1. The number of fused-ring (bicyclic) bond motifs is 1. The minimum Gasteiger partial charge on any atom is -0.465 e. The van der Waals surface area contributed by atoms with Crippen LogP contribution in [0.3, 0.4) is 0 Å². The molecule has 100 valence electrons. The Morgan fingerprint density at radius 3 is 3.00 bits per heavy atom. The van der Waals surface area contributed by atoms with Crippen molar-refractivity contribution < 1.29 is 9.53 Å². The smallest absolute Gasteiger partial charge is 0.339 e. The summed E-state index contributed by atoms with van der Waals surface area (Å²) in [6.07, 6.45) is 3.91. The van der Waals surface area contributed by atoms with Crippen LogP contribution in [0.1, 0.15) is 35.1 Å². The van der Waals surface area contributed by atoms with Crippen LogP contribution in [0.4, 0.5) is 0 Å². The molecular weight excluding hydrogens is 244 g/mol. The molecule has 0 saturated carbocycles. The maximum Gasteiger partial charge on any atom is 0.339 e. The van der Waals surface area contributed by atoms with Crippen molar-refractivity contribution >= 4 is 11.6 Å². The molecule has 0 spiro atoms. The number of methoxy groups -OCH3 is 1. The SMILES string of the molecule is COC(=O)c1ccc2nc(C3CCCN3C)nn2c1. The van der Waals surface area contributed by atoms with E-state index in [1.807, 2.05) is 0 Å². The average Bonchev–Trinajstić information content (AvgIpc) is 3.02. The second-order valence-corrected chi connectivity index (χ2v) is 4.82. The van der Waals surface area contributed by atoms with Gasteiger partial charge in [-0.1, -0.05) is 0 Å². The molecular formula is C13H16N4O2. The lowest BCUT2D eigenvalue weighted by atomic mass is 10.2. The van der Waals surface area contributed by atoms with E-state index in [-0.39, 0.29) is 12.0 Å². The molecule has 0 bridgehead atoms. The molecule has 3 rings (SSSR count). The quantitative estimate of drug-likeness (QED) is 0.761.